The number of nitrogens with one attached hydrogen (secondary N) is 2. The Morgan fingerprint density at radius 1 is 1.11 bits per heavy atom. The fourth-order valence-electron chi connectivity index (χ4n) is 3.21. The van der Waals surface area contributed by atoms with Crippen LogP contribution < -0.4 is 15.4 Å². The van der Waals surface area contributed by atoms with E-state index in [1.165, 1.54) is 0 Å². The molecule has 0 aromatic heterocycles. The molecule has 27 heavy (non-hydrogen) atoms. The van der Waals surface area contributed by atoms with Crippen LogP contribution in [0.25, 0.3) is 0 Å². The van der Waals surface area contributed by atoms with E-state index in [1.807, 2.05) is 54.6 Å². The number of hydrogen-bond donors (Lipinski definition) is 2. The van der Waals surface area contributed by atoms with E-state index in [2.05, 4.69) is 43.5 Å². The number of hydrogen-bond acceptors (Lipinski definition) is 4. The highest BCUT2D eigenvalue weighted by Crippen LogP contribution is 2.22. The summed E-state index contributed by atoms with van der Waals surface area (Å²) in [5.74, 6) is 0.624. The van der Waals surface area contributed by atoms with Gasteiger partial charge in [0, 0.05) is 24.8 Å². The lowest BCUT2D eigenvalue weighted by atomic mass is 9.92. The van der Waals surface area contributed by atoms with Crippen LogP contribution in [0.4, 0.5) is 5.69 Å². The van der Waals surface area contributed by atoms with Crippen molar-refractivity contribution in [3.05, 3.63) is 60.2 Å². The minimum Gasteiger partial charge on any atom is -0.497 e. The van der Waals surface area contributed by atoms with Crippen LogP contribution in [0.3, 0.4) is 0 Å². The van der Waals surface area contributed by atoms with Crippen molar-refractivity contribution in [1.82, 2.24) is 10.2 Å². The lowest BCUT2D eigenvalue weighted by Gasteiger charge is -2.30. The van der Waals surface area contributed by atoms with Crippen LogP contribution in [-0.4, -0.2) is 45.1 Å². The van der Waals surface area contributed by atoms with Crippen molar-refractivity contribution >= 4 is 11.6 Å². The Hall–Kier alpha value is -2.37. The van der Waals surface area contributed by atoms with Gasteiger partial charge in [0.1, 0.15) is 11.8 Å². The summed E-state index contributed by atoms with van der Waals surface area (Å²) in [5, 5.41) is 6.46. The maximum Gasteiger partial charge on any atom is 0.246 e. The van der Waals surface area contributed by atoms with Gasteiger partial charge in [-0.2, -0.15) is 0 Å². The second kappa shape index (κ2) is 9.53. The van der Waals surface area contributed by atoms with E-state index in [0.29, 0.717) is 5.75 Å². The Morgan fingerprint density at radius 3 is 2.44 bits per heavy atom. The summed E-state index contributed by atoms with van der Waals surface area (Å²) in [6.07, 6.45) is 0. The van der Waals surface area contributed by atoms with Gasteiger partial charge < -0.3 is 20.3 Å². The second-order valence-corrected chi connectivity index (χ2v) is 7.85. The molecule has 146 valence electrons. The molecule has 1 amide bonds. The van der Waals surface area contributed by atoms with Gasteiger partial charge in [-0.05, 0) is 37.2 Å². The monoisotopic (exact) mass is 369 g/mol. The van der Waals surface area contributed by atoms with Crippen molar-refractivity contribution in [3.63, 3.8) is 0 Å². The lowest BCUT2D eigenvalue weighted by molar-refractivity contribution is -0.118. The molecular formula is C22H31N3O2. The fraction of sp³-hybridized carbons (Fsp3) is 0.409. The molecule has 2 N–H and O–H groups in total. The molecule has 2 rings (SSSR count). The zero-order chi connectivity index (χ0) is 19.9. The van der Waals surface area contributed by atoms with Crippen LogP contribution in [0.5, 0.6) is 5.75 Å². The number of rotatable bonds is 9. The summed E-state index contributed by atoms with van der Waals surface area (Å²) >= 11 is 0. The normalized spacial score (nSPS) is 12.7. The van der Waals surface area contributed by atoms with Gasteiger partial charge in [0.05, 0.1) is 7.11 Å². The number of ether oxygens (including phenoxy) is 1. The van der Waals surface area contributed by atoms with Gasteiger partial charge in [0.25, 0.3) is 0 Å². The molecule has 0 spiro atoms. The number of carbonyl (C=O) groups is 1. The van der Waals surface area contributed by atoms with Crippen LogP contribution in [-0.2, 0) is 4.79 Å². The molecule has 0 saturated heterocycles. The smallest absolute Gasteiger partial charge is 0.246 e. The number of carbonyl (C=O) groups excluding carboxylic acids is 1. The van der Waals surface area contributed by atoms with Gasteiger partial charge in [0.15, 0.2) is 0 Å². The Balaban J connectivity index is 2.15. The number of benzene rings is 2. The van der Waals surface area contributed by atoms with Crippen molar-refractivity contribution in [2.45, 2.75) is 19.9 Å². The van der Waals surface area contributed by atoms with Gasteiger partial charge in [-0.1, -0.05) is 50.2 Å². The Bertz CT molecular complexity index is 729. The minimum atomic E-state index is -0.432. The lowest BCUT2D eigenvalue weighted by Crippen LogP contribution is -2.42. The maximum absolute atomic E-state index is 13.0. The molecular weight excluding hydrogens is 338 g/mol. The molecule has 0 bridgehead atoms. The third-order valence-electron chi connectivity index (χ3n) is 4.26. The van der Waals surface area contributed by atoms with Crippen LogP contribution >= 0.6 is 0 Å². The third-order valence-corrected chi connectivity index (χ3v) is 4.26. The second-order valence-electron chi connectivity index (χ2n) is 7.85. The quantitative estimate of drug-likeness (QED) is 0.710. The Labute approximate surface area is 162 Å². The van der Waals surface area contributed by atoms with Gasteiger partial charge in [-0.15, -0.1) is 0 Å². The van der Waals surface area contributed by atoms with Crippen LogP contribution in [0.15, 0.2) is 54.6 Å². The molecule has 0 heterocycles. The highest BCUT2D eigenvalue weighted by atomic mass is 16.5. The molecule has 0 aliphatic heterocycles. The summed E-state index contributed by atoms with van der Waals surface area (Å²) < 4.78 is 5.24. The fourth-order valence-corrected chi connectivity index (χ4v) is 3.21. The highest BCUT2D eigenvalue weighted by Gasteiger charge is 2.25. The van der Waals surface area contributed by atoms with Crippen molar-refractivity contribution in [2.24, 2.45) is 5.41 Å². The average molecular weight is 370 g/mol. The molecule has 2 aromatic rings. The largest absolute Gasteiger partial charge is 0.497 e. The number of amides is 1. The van der Waals surface area contributed by atoms with Crippen molar-refractivity contribution in [1.29, 1.82) is 0 Å². The summed E-state index contributed by atoms with van der Waals surface area (Å²) in [5.41, 5.74) is 1.69. The van der Waals surface area contributed by atoms with Crippen molar-refractivity contribution in [3.8, 4) is 5.75 Å². The first-order valence-electron chi connectivity index (χ1n) is 9.19. The van der Waals surface area contributed by atoms with E-state index in [-0.39, 0.29) is 11.3 Å². The molecule has 5 heteroatoms. The van der Waals surface area contributed by atoms with Crippen LogP contribution in [0, 0.1) is 5.41 Å². The van der Waals surface area contributed by atoms with Crippen LogP contribution in [0.1, 0.15) is 25.5 Å². The minimum absolute atomic E-state index is 0.0345. The molecule has 0 aliphatic carbocycles. The van der Waals surface area contributed by atoms with E-state index in [1.54, 1.807) is 7.11 Å². The van der Waals surface area contributed by atoms with E-state index < -0.39 is 6.04 Å². The van der Waals surface area contributed by atoms with E-state index in [4.69, 9.17) is 4.74 Å². The molecule has 0 aliphatic rings. The summed E-state index contributed by atoms with van der Waals surface area (Å²) in [7, 11) is 5.74. The summed E-state index contributed by atoms with van der Waals surface area (Å²) in [6.45, 7) is 6.04. The summed E-state index contributed by atoms with van der Waals surface area (Å²) in [4.78, 5) is 15.2. The van der Waals surface area contributed by atoms with Crippen LogP contribution in [0.2, 0.25) is 0 Å². The van der Waals surface area contributed by atoms with Crippen molar-refractivity contribution in [2.75, 3.05) is 39.6 Å². The Morgan fingerprint density at radius 2 is 1.81 bits per heavy atom. The first-order chi connectivity index (χ1) is 12.8. The SMILES string of the molecule is COc1cccc(NC(=O)[C@@H](NCC(C)(C)CN(C)C)c2ccccc2)c1. The zero-order valence-corrected chi connectivity index (χ0v) is 17.0. The molecule has 1 atom stereocenters. The third kappa shape index (κ3) is 6.70. The molecule has 2 aromatic carbocycles. The van der Waals surface area contributed by atoms with E-state index in [9.17, 15) is 4.79 Å². The first kappa shape index (κ1) is 20.9. The standard InChI is InChI=1S/C22H31N3O2/c1-22(2,16-25(3)4)15-23-20(17-10-7-6-8-11-17)21(26)24-18-12-9-13-19(14-18)27-5/h6-14,20,23H,15-16H2,1-5H3,(H,24,26)/t20-/m0/s1. The first-order valence-corrected chi connectivity index (χ1v) is 9.19. The Kier molecular flexibility index (Phi) is 7.39. The number of nitrogens with zero attached hydrogens (tertiary/aromatic N) is 1. The summed E-state index contributed by atoms with van der Waals surface area (Å²) in [6, 6.07) is 16.8. The van der Waals surface area contributed by atoms with Gasteiger partial charge in [-0.3, -0.25) is 4.79 Å². The molecule has 0 radical (unpaired) electrons. The van der Waals surface area contributed by atoms with Gasteiger partial charge >= 0.3 is 0 Å². The predicted molar refractivity (Wildman–Crippen MR) is 111 cm³/mol. The molecule has 0 unspecified atom stereocenters. The van der Waals surface area contributed by atoms with Gasteiger partial charge in [0.2, 0.25) is 5.91 Å². The maximum atomic E-state index is 13.0. The predicted octanol–water partition coefficient (Wildman–Crippen LogP) is 3.55. The van der Waals surface area contributed by atoms with E-state index in [0.717, 1.165) is 24.3 Å². The van der Waals surface area contributed by atoms with Gasteiger partial charge in [-0.25, -0.2) is 0 Å². The number of anilines is 1. The number of methoxy groups -OCH3 is 1. The zero-order valence-electron chi connectivity index (χ0n) is 17.0. The molecule has 5 nitrogen and oxygen atoms in total. The molecule has 0 fully saturated rings. The average Bonchev–Trinajstić information content (AvgIpc) is 2.61. The topological polar surface area (TPSA) is 53.6 Å². The highest BCUT2D eigenvalue weighted by molar-refractivity contribution is 5.95. The van der Waals surface area contributed by atoms with E-state index >= 15 is 0 Å². The molecule has 0 saturated carbocycles. The van der Waals surface area contributed by atoms with Crippen molar-refractivity contribution < 1.29 is 9.53 Å².